The summed E-state index contributed by atoms with van der Waals surface area (Å²) in [7, 11) is 0. The van der Waals surface area contributed by atoms with Crippen LogP contribution in [0.3, 0.4) is 0 Å². The van der Waals surface area contributed by atoms with Crippen molar-refractivity contribution in [2.24, 2.45) is 0 Å². The van der Waals surface area contributed by atoms with Crippen molar-refractivity contribution in [3.63, 3.8) is 0 Å². The smallest absolute Gasteiger partial charge is 0.266 e. The van der Waals surface area contributed by atoms with Crippen LogP contribution in [-0.2, 0) is 17.8 Å². The second-order valence-corrected chi connectivity index (χ2v) is 7.12. The van der Waals surface area contributed by atoms with Crippen LogP contribution in [-0.4, -0.2) is 33.8 Å². The van der Waals surface area contributed by atoms with Crippen molar-refractivity contribution in [1.82, 2.24) is 20.1 Å². The van der Waals surface area contributed by atoms with Crippen molar-refractivity contribution >= 4 is 16.8 Å². The van der Waals surface area contributed by atoms with Gasteiger partial charge in [0.1, 0.15) is 5.75 Å². The molecule has 0 aliphatic rings. The molecule has 0 aliphatic heterocycles. The summed E-state index contributed by atoms with van der Waals surface area (Å²) in [4.78, 5) is 27.7. The maximum Gasteiger partial charge on any atom is 0.266 e. The van der Waals surface area contributed by atoms with Gasteiger partial charge in [-0.05, 0) is 48.9 Å². The van der Waals surface area contributed by atoms with Gasteiger partial charge in [0.2, 0.25) is 5.91 Å². The number of nitrogens with one attached hydrogen (secondary N) is 2. The summed E-state index contributed by atoms with van der Waals surface area (Å²) in [5.41, 5.74) is 3.32. The topological polar surface area (TPSA) is 89.0 Å². The van der Waals surface area contributed by atoms with Crippen molar-refractivity contribution in [2.75, 3.05) is 13.2 Å². The van der Waals surface area contributed by atoms with Crippen LogP contribution in [0.1, 0.15) is 12.5 Å². The second-order valence-electron chi connectivity index (χ2n) is 7.12. The number of rotatable bonds is 8. The van der Waals surface area contributed by atoms with E-state index in [1.54, 1.807) is 6.07 Å². The Labute approximate surface area is 179 Å². The van der Waals surface area contributed by atoms with Gasteiger partial charge in [0.15, 0.2) is 0 Å². The van der Waals surface area contributed by atoms with Crippen LogP contribution < -0.4 is 15.6 Å². The summed E-state index contributed by atoms with van der Waals surface area (Å²) >= 11 is 0. The molecule has 4 aromatic rings. The Hall–Kier alpha value is -3.87. The van der Waals surface area contributed by atoms with Gasteiger partial charge in [0.05, 0.1) is 25.3 Å². The molecule has 2 aromatic carbocycles. The van der Waals surface area contributed by atoms with E-state index in [1.807, 2.05) is 61.7 Å². The summed E-state index contributed by atoms with van der Waals surface area (Å²) in [5, 5.41) is 8.35. The third-order valence-electron chi connectivity index (χ3n) is 5.00. The lowest BCUT2D eigenvalue weighted by molar-refractivity contribution is -0.120. The Bertz CT molecular complexity index is 1240. The normalized spacial score (nSPS) is 10.9. The molecule has 2 aromatic heterocycles. The highest BCUT2D eigenvalue weighted by Crippen LogP contribution is 2.20. The number of nitrogens with zero attached hydrogens (tertiary/aromatic N) is 2. The standard InChI is InChI=1S/C24H24N4O3/c1-2-31-19-9-7-17(8-10-19)21-11-12-24(30)28(27-21)14-13-25-23(29)15-18-16-26-22-6-4-3-5-20(18)22/h3-12,16,26H,2,13-15H2,1H3,(H,25,29). The predicted molar refractivity (Wildman–Crippen MR) is 120 cm³/mol. The number of fused-ring (bicyclic) bond motifs is 1. The molecule has 0 bridgehead atoms. The zero-order valence-corrected chi connectivity index (χ0v) is 17.3. The zero-order valence-electron chi connectivity index (χ0n) is 17.3. The highest BCUT2D eigenvalue weighted by atomic mass is 16.5. The minimum absolute atomic E-state index is 0.0968. The Kier molecular flexibility index (Phi) is 6.12. The van der Waals surface area contributed by atoms with Gasteiger partial charge >= 0.3 is 0 Å². The molecule has 0 spiro atoms. The SMILES string of the molecule is CCOc1ccc(-c2ccc(=O)n(CCNC(=O)Cc3c[nH]c4ccccc34)n2)cc1. The fourth-order valence-electron chi connectivity index (χ4n) is 3.47. The largest absolute Gasteiger partial charge is 0.494 e. The van der Waals surface area contributed by atoms with E-state index in [9.17, 15) is 9.59 Å². The van der Waals surface area contributed by atoms with Gasteiger partial charge in [-0.3, -0.25) is 9.59 Å². The summed E-state index contributed by atoms with van der Waals surface area (Å²) in [6.45, 7) is 3.16. The molecule has 1 amide bonds. The number of amides is 1. The van der Waals surface area contributed by atoms with Crippen molar-refractivity contribution in [3.05, 3.63) is 82.8 Å². The zero-order chi connectivity index (χ0) is 21.6. The minimum Gasteiger partial charge on any atom is -0.494 e. The maximum absolute atomic E-state index is 12.4. The molecule has 0 saturated heterocycles. The number of hydrogen-bond acceptors (Lipinski definition) is 4. The number of benzene rings is 2. The first kappa shape index (κ1) is 20.4. The van der Waals surface area contributed by atoms with Crippen LogP contribution in [0, 0.1) is 0 Å². The Morgan fingerprint density at radius 3 is 2.71 bits per heavy atom. The number of para-hydroxylation sites is 1. The van der Waals surface area contributed by atoms with Crippen molar-refractivity contribution < 1.29 is 9.53 Å². The molecule has 4 rings (SSSR count). The number of carbonyl (C=O) groups excluding carboxylic acids is 1. The Balaban J connectivity index is 1.37. The van der Waals surface area contributed by atoms with Crippen LogP contribution in [0.5, 0.6) is 5.75 Å². The fraction of sp³-hybridized carbons (Fsp3) is 0.208. The summed E-state index contributed by atoms with van der Waals surface area (Å²) in [6.07, 6.45) is 2.13. The summed E-state index contributed by atoms with van der Waals surface area (Å²) in [6, 6.07) is 18.6. The van der Waals surface area contributed by atoms with Crippen molar-refractivity contribution in [1.29, 1.82) is 0 Å². The van der Waals surface area contributed by atoms with E-state index in [4.69, 9.17) is 4.74 Å². The van der Waals surface area contributed by atoms with Gasteiger partial charge in [-0.2, -0.15) is 5.10 Å². The summed E-state index contributed by atoms with van der Waals surface area (Å²) in [5.74, 6) is 0.693. The number of carbonyl (C=O) groups is 1. The number of hydrogen-bond donors (Lipinski definition) is 2. The van der Waals surface area contributed by atoms with E-state index in [1.165, 1.54) is 10.7 Å². The van der Waals surface area contributed by atoms with Crippen LogP contribution in [0.15, 0.2) is 71.7 Å². The van der Waals surface area contributed by atoms with E-state index in [-0.39, 0.29) is 17.9 Å². The number of H-pyrrole nitrogens is 1. The molecule has 31 heavy (non-hydrogen) atoms. The second kappa shape index (κ2) is 9.30. The monoisotopic (exact) mass is 416 g/mol. The van der Waals surface area contributed by atoms with Gasteiger partial charge in [0.25, 0.3) is 5.56 Å². The average Bonchev–Trinajstić information content (AvgIpc) is 3.19. The summed E-state index contributed by atoms with van der Waals surface area (Å²) < 4.78 is 6.83. The molecule has 0 atom stereocenters. The Morgan fingerprint density at radius 2 is 1.90 bits per heavy atom. The van der Waals surface area contributed by atoms with Crippen LogP contribution in [0.4, 0.5) is 0 Å². The lowest BCUT2D eigenvalue weighted by atomic mass is 10.1. The van der Waals surface area contributed by atoms with E-state index < -0.39 is 0 Å². The van der Waals surface area contributed by atoms with Gasteiger partial charge in [-0.15, -0.1) is 0 Å². The first-order chi connectivity index (χ1) is 15.1. The molecule has 2 heterocycles. The van der Waals surface area contributed by atoms with E-state index in [2.05, 4.69) is 15.4 Å². The molecular weight excluding hydrogens is 392 g/mol. The van der Waals surface area contributed by atoms with Crippen molar-refractivity contribution in [2.45, 2.75) is 19.9 Å². The highest BCUT2D eigenvalue weighted by Gasteiger charge is 2.09. The molecular formula is C24H24N4O3. The lowest BCUT2D eigenvalue weighted by Gasteiger charge is -2.09. The molecule has 0 saturated carbocycles. The average molecular weight is 416 g/mol. The van der Waals surface area contributed by atoms with Crippen LogP contribution >= 0.6 is 0 Å². The number of ether oxygens (including phenoxy) is 1. The van der Waals surface area contributed by atoms with E-state index >= 15 is 0 Å². The molecule has 0 aliphatic carbocycles. The fourth-order valence-corrected chi connectivity index (χ4v) is 3.47. The third kappa shape index (κ3) is 4.83. The van der Waals surface area contributed by atoms with E-state index in [0.29, 0.717) is 25.4 Å². The molecule has 0 radical (unpaired) electrons. The minimum atomic E-state index is -0.208. The molecule has 7 heteroatoms. The predicted octanol–water partition coefficient (Wildman–Crippen LogP) is 3.15. The lowest BCUT2D eigenvalue weighted by Crippen LogP contribution is -2.32. The molecule has 0 unspecified atom stereocenters. The molecule has 7 nitrogen and oxygen atoms in total. The van der Waals surface area contributed by atoms with Crippen LogP contribution in [0.2, 0.25) is 0 Å². The first-order valence-corrected chi connectivity index (χ1v) is 10.3. The highest BCUT2D eigenvalue weighted by molar-refractivity contribution is 5.88. The van der Waals surface area contributed by atoms with Crippen LogP contribution in [0.25, 0.3) is 22.2 Å². The maximum atomic E-state index is 12.4. The molecule has 0 fully saturated rings. The van der Waals surface area contributed by atoms with Gasteiger partial charge < -0.3 is 15.0 Å². The van der Waals surface area contributed by atoms with Gasteiger partial charge in [-0.1, -0.05) is 18.2 Å². The van der Waals surface area contributed by atoms with Crippen molar-refractivity contribution in [3.8, 4) is 17.0 Å². The number of aromatic nitrogens is 3. The quantitative estimate of drug-likeness (QED) is 0.462. The molecule has 2 N–H and O–H groups in total. The van der Waals surface area contributed by atoms with Gasteiger partial charge in [0, 0.05) is 35.3 Å². The van der Waals surface area contributed by atoms with E-state index in [0.717, 1.165) is 27.8 Å². The number of aromatic amines is 1. The Morgan fingerprint density at radius 1 is 1.10 bits per heavy atom. The van der Waals surface area contributed by atoms with Gasteiger partial charge in [-0.25, -0.2) is 4.68 Å². The third-order valence-corrected chi connectivity index (χ3v) is 5.00. The first-order valence-electron chi connectivity index (χ1n) is 10.3. The molecule has 158 valence electrons.